The van der Waals surface area contributed by atoms with E-state index in [1.54, 1.807) is 16.8 Å². The highest BCUT2D eigenvalue weighted by molar-refractivity contribution is 7.86. The van der Waals surface area contributed by atoms with Crippen molar-refractivity contribution < 1.29 is 22.3 Å². The summed E-state index contributed by atoms with van der Waals surface area (Å²) in [5.41, 5.74) is 1.62. The van der Waals surface area contributed by atoms with Crippen LogP contribution in [-0.4, -0.2) is 66.2 Å². The molecule has 0 bridgehead atoms. The van der Waals surface area contributed by atoms with Crippen LogP contribution in [0.15, 0.2) is 30.3 Å². The molecule has 166 valence electrons. The fraction of sp³-hybridized carbons (Fsp3) is 0.550. The summed E-state index contributed by atoms with van der Waals surface area (Å²) >= 11 is 0. The van der Waals surface area contributed by atoms with E-state index in [0.717, 1.165) is 5.69 Å². The van der Waals surface area contributed by atoms with Crippen LogP contribution in [0.4, 0.5) is 4.39 Å². The molecule has 0 N–H and O–H groups in total. The SMILES string of the molecule is CCN(CC)S(=O)(=O)N1CCOC(c2cc(CCOc3cccc(F)c3)n(C)n2)C1. The van der Waals surface area contributed by atoms with Gasteiger partial charge in [0.2, 0.25) is 0 Å². The molecule has 2 aromatic rings. The lowest BCUT2D eigenvalue weighted by Crippen LogP contribution is -2.49. The van der Waals surface area contributed by atoms with Crippen molar-refractivity contribution in [3.63, 3.8) is 0 Å². The summed E-state index contributed by atoms with van der Waals surface area (Å²) in [6.45, 7) is 5.77. The second kappa shape index (κ2) is 9.86. The van der Waals surface area contributed by atoms with Crippen LogP contribution >= 0.6 is 0 Å². The Hall–Kier alpha value is -2.01. The topological polar surface area (TPSA) is 76.9 Å². The predicted octanol–water partition coefficient (Wildman–Crippen LogP) is 2.14. The number of hydrogen-bond acceptors (Lipinski definition) is 5. The number of aryl methyl sites for hydroxylation is 1. The van der Waals surface area contributed by atoms with Gasteiger partial charge in [0.15, 0.2) is 0 Å². The maximum Gasteiger partial charge on any atom is 0.282 e. The Morgan fingerprint density at radius 2 is 2.07 bits per heavy atom. The number of nitrogens with zero attached hydrogens (tertiary/aromatic N) is 4. The fourth-order valence-corrected chi connectivity index (χ4v) is 5.09. The summed E-state index contributed by atoms with van der Waals surface area (Å²) in [6, 6.07) is 7.93. The van der Waals surface area contributed by atoms with E-state index in [2.05, 4.69) is 5.10 Å². The standard InChI is InChI=1S/C20H29FN4O4S/c1-4-24(5-2)30(26,27)25-10-12-29-20(15-25)19-14-17(23(3)22-19)9-11-28-18-8-6-7-16(21)13-18/h6-8,13-14,20H,4-5,9-12,15H2,1-3H3. The lowest BCUT2D eigenvalue weighted by Gasteiger charge is -2.34. The minimum absolute atomic E-state index is 0.231. The molecule has 2 heterocycles. The Bertz CT molecular complexity index is 946. The summed E-state index contributed by atoms with van der Waals surface area (Å²) in [5, 5.41) is 4.52. The molecule has 0 aliphatic carbocycles. The van der Waals surface area contributed by atoms with Gasteiger partial charge in [-0.3, -0.25) is 4.68 Å². The zero-order valence-corrected chi connectivity index (χ0v) is 18.4. The van der Waals surface area contributed by atoms with E-state index >= 15 is 0 Å². The molecule has 10 heteroatoms. The van der Waals surface area contributed by atoms with Crippen molar-refractivity contribution in [2.75, 3.05) is 39.4 Å². The zero-order chi connectivity index (χ0) is 21.7. The van der Waals surface area contributed by atoms with E-state index in [1.807, 2.05) is 27.0 Å². The first-order valence-corrected chi connectivity index (χ1v) is 11.5. The van der Waals surface area contributed by atoms with Crippen molar-refractivity contribution in [3.8, 4) is 5.75 Å². The number of hydrogen-bond donors (Lipinski definition) is 0. The third-order valence-corrected chi connectivity index (χ3v) is 7.29. The van der Waals surface area contributed by atoms with Crippen LogP contribution in [0.2, 0.25) is 0 Å². The molecule has 0 amide bonds. The smallest absolute Gasteiger partial charge is 0.282 e. The highest BCUT2D eigenvalue weighted by Crippen LogP contribution is 2.25. The second-order valence-electron chi connectivity index (χ2n) is 7.05. The summed E-state index contributed by atoms with van der Waals surface area (Å²) < 4.78 is 55.0. The van der Waals surface area contributed by atoms with Crippen LogP contribution < -0.4 is 4.74 Å². The van der Waals surface area contributed by atoms with Crippen LogP contribution in [0.3, 0.4) is 0 Å². The Balaban J connectivity index is 1.64. The van der Waals surface area contributed by atoms with Crippen molar-refractivity contribution in [2.24, 2.45) is 7.05 Å². The number of ether oxygens (including phenoxy) is 2. The molecule has 1 aliphatic rings. The molecule has 3 rings (SSSR count). The van der Waals surface area contributed by atoms with Crippen molar-refractivity contribution in [2.45, 2.75) is 26.4 Å². The van der Waals surface area contributed by atoms with Gasteiger partial charge in [-0.25, -0.2) is 4.39 Å². The average Bonchev–Trinajstić information content (AvgIpc) is 3.09. The number of benzene rings is 1. The summed E-state index contributed by atoms with van der Waals surface area (Å²) in [6.07, 6.45) is 0.155. The molecule has 30 heavy (non-hydrogen) atoms. The Morgan fingerprint density at radius 1 is 1.30 bits per heavy atom. The number of halogens is 1. The van der Waals surface area contributed by atoms with Gasteiger partial charge >= 0.3 is 0 Å². The average molecular weight is 441 g/mol. The lowest BCUT2D eigenvalue weighted by molar-refractivity contribution is -0.00684. The van der Waals surface area contributed by atoms with Crippen LogP contribution in [0.1, 0.15) is 31.3 Å². The molecule has 1 aliphatic heterocycles. The van der Waals surface area contributed by atoms with Crippen LogP contribution in [0.25, 0.3) is 0 Å². The molecule has 1 aromatic carbocycles. The molecular formula is C20H29FN4O4S. The molecule has 0 saturated carbocycles. The minimum Gasteiger partial charge on any atom is -0.493 e. The first-order chi connectivity index (χ1) is 14.3. The van der Waals surface area contributed by atoms with Gasteiger partial charge in [-0.2, -0.15) is 22.1 Å². The zero-order valence-electron chi connectivity index (χ0n) is 17.6. The summed E-state index contributed by atoms with van der Waals surface area (Å²) in [5.74, 6) is 0.138. The maximum absolute atomic E-state index is 13.2. The van der Waals surface area contributed by atoms with Gasteiger partial charge in [-0.15, -0.1) is 0 Å². The van der Waals surface area contributed by atoms with Crippen molar-refractivity contribution >= 4 is 10.2 Å². The number of morpholine rings is 1. The van der Waals surface area contributed by atoms with E-state index in [9.17, 15) is 12.8 Å². The Kier molecular flexibility index (Phi) is 7.45. The third-order valence-electron chi connectivity index (χ3n) is 5.14. The highest BCUT2D eigenvalue weighted by atomic mass is 32.2. The number of rotatable bonds is 9. The van der Waals surface area contributed by atoms with E-state index in [-0.39, 0.29) is 12.4 Å². The molecule has 1 atom stereocenters. The second-order valence-corrected chi connectivity index (χ2v) is 8.98. The number of aromatic nitrogens is 2. The minimum atomic E-state index is -3.52. The monoisotopic (exact) mass is 440 g/mol. The molecule has 8 nitrogen and oxygen atoms in total. The summed E-state index contributed by atoms with van der Waals surface area (Å²) in [4.78, 5) is 0. The molecule has 0 radical (unpaired) electrons. The van der Waals surface area contributed by atoms with Crippen molar-refractivity contribution in [1.82, 2.24) is 18.4 Å². The van der Waals surface area contributed by atoms with Crippen molar-refractivity contribution in [3.05, 3.63) is 47.5 Å². The van der Waals surface area contributed by atoms with Gasteiger partial charge < -0.3 is 9.47 Å². The fourth-order valence-electron chi connectivity index (χ4n) is 3.48. The Morgan fingerprint density at radius 3 is 2.77 bits per heavy atom. The highest BCUT2D eigenvalue weighted by Gasteiger charge is 2.34. The van der Waals surface area contributed by atoms with Gasteiger partial charge in [0.05, 0.1) is 18.9 Å². The van der Waals surface area contributed by atoms with Gasteiger partial charge in [0.1, 0.15) is 17.7 Å². The van der Waals surface area contributed by atoms with Gasteiger partial charge in [0.25, 0.3) is 10.2 Å². The molecule has 1 aromatic heterocycles. The summed E-state index contributed by atoms with van der Waals surface area (Å²) in [7, 11) is -1.69. The normalized spacial score (nSPS) is 18.1. The van der Waals surface area contributed by atoms with E-state index < -0.39 is 16.3 Å². The van der Waals surface area contributed by atoms with Gasteiger partial charge in [0, 0.05) is 51.4 Å². The van der Waals surface area contributed by atoms with Gasteiger partial charge in [-0.05, 0) is 18.2 Å². The molecule has 1 unspecified atom stereocenters. The molecule has 0 spiro atoms. The first kappa shape index (κ1) is 22.7. The largest absolute Gasteiger partial charge is 0.493 e. The van der Waals surface area contributed by atoms with E-state index in [1.165, 1.54) is 20.7 Å². The van der Waals surface area contributed by atoms with Crippen LogP contribution in [-0.2, 0) is 28.4 Å². The van der Waals surface area contributed by atoms with Gasteiger partial charge in [-0.1, -0.05) is 19.9 Å². The predicted molar refractivity (Wildman–Crippen MR) is 111 cm³/mol. The lowest BCUT2D eigenvalue weighted by atomic mass is 10.2. The van der Waals surface area contributed by atoms with Crippen LogP contribution in [0.5, 0.6) is 5.75 Å². The quantitative estimate of drug-likeness (QED) is 0.597. The van der Waals surface area contributed by atoms with Crippen molar-refractivity contribution in [1.29, 1.82) is 0 Å². The molecular weight excluding hydrogens is 411 g/mol. The molecule has 1 fully saturated rings. The van der Waals surface area contributed by atoms with E-state index in [0.29, 0.717) is 50.7 Å². The van der Waals surface area contributed by atoms with E-state index in [4.69, 9.17) is 9.47 Å². The molecule has 1 saturated heterocycles. The Labute approximate surface area is 177 Å². The van der Waals surface area contributed by atoms with Crippen LogP contribution in [0, 0.1) is 5.82 Å². The maximum atomic E-state index is 13.2. The first-order valence-electron chi connectivity index (χ1n) is 10.1. The third kappa shape index (κ3) is 5.18.